The Morgan fingerprint density at radius 1 is 1.09 bits per heavy atom. The molecule has 34 heavy (non-hydrogen) atoms. The molecule has 3 aliphatic heterocycles. The molecule has 3 aliphatic rings. The second kappa shape index (κ2) is 9.56. The molecule has 2 aromatic carbocycles. The molecule has 3 heterocycles. The number of piperidine rings is 1. The minimum atomic E-state index is -2.68. The number of hydrogen-bond acceptors (Lipinski definition) is 6. The average Bonchev–Trinajstić information content (AvgIpc) is 3.12. The Morgan fingerprint density at radius 2 is 1.82 bits per heavy atom. The summed E-state index contributed by atoms with van der Waals surface area (Å²) in [6, 6.07) is 9.55. The summed E-state index contributed by atoms with van der Waals surface area (Å²) in [6.45, 7) is 1.41. The van der Waals surface area contributed by atoms with Crippen molar-refractivity contribution in [2.75, 3.05) is 33.4 Å². The van der Waals surface area contributed by atoms with Crippen LogP contribution in [0.15, 0.2) is 42.5 Å². The number of fused-ring (bicyclic) bond motifs is 1. The van der Waals surface area contributed by atoms with Gasteiger partial charge in [0.2, 0.25) is 5.91 Å². The van der Waals surface area contributed by atoms with E-state index in [1.165, 1.54) is 18.2 Å². The van der Waals surface area contributed by atoms with E-state index in [0.29, 0.717) is 9.80 Å². The van der Waals surface area contributed by atoms with Gasteiger partial charge in [0.15, 0.2) is 0 Å². The maximum Gasteiger partial charge on any atom is 0.255 e. The number of morpholine rings is 1. The third-order valence-electron chi connectivity index (χ3n) is 6.14. The number of likely N-dealkylation sites (tertiary alicyclic amines) is 1. The second-order valence-electron chi connectivity index (χ2n) is 8.39. The highest BCUT2D eigenvalue weighted by atomic mass is 16.5. The van der Waals surface area contributed by atoms with E-state index in [4.69, 9.17) is 16.3 Å². The van der Waals surface area contributed by atoms with E-state index in [2.05, 4.69) is 4.90 Å². The summed E-state index contributed by atoms with van der Waals surface area (Å²) in [5, 5.41) is 0. The number of likely N-dealkylation sites (N-methyl/N-ethyl adjacent to an activating group) is 1. The van der Waals surface area contributed by atoms with Crippen molar-refractivity contribution in [2.45, 2.75) is 38.5 Å². The number of carbonyl (C=O) groups is 3. The van der Waals surface area contributed by atoms with Gasteiger partial charge in [-0.1, -0.05) is 30.3 Å². The van der Waals surface area contributed by atoms with Crippen molar-refractivity contribution >= 4 is 17.7 Å². The highest BCUT2D eigenvalue weighted by Crippen LogP contribution is 2.34. The minimum absolute atomic E-state index is 0.0741. The molecule has 0 aromatic heterocycles. The molecule has 8 nitrogen and oxygen atoms in total. The van der Waals surface area contributed by atoms with Gasteiger partial charge >= 0.3 is 0 Å². The van der Waals surface area contributed by atoms with Crippen molar-refractivity contribution in [3.8, 4) is 5.75 Å². The van der Waals surface area contributed by atoms with Crippen molar-refractivity contribution in [3.63, 3.8) is 0 Å². The van der Waals surface area contributed by atoms with Crippen LogP contribution < -0.4 is 4.74 Å². The first-order valence-electron chi connectivity index (χ1n) is 13.7. The summed E-state index contributed by atoms with van der Waals surface area (Å²) >= 11 is 0. The third-order valence-corrected chi connectivity index (χ3v) is 6.14. The van der Waals surface area contributed by atoms with Gasteiger partial charge in [0, 0.05) is 46.9 Å². The number of ether oxygens (including phenoxy) is 2. The van der Waals surface area contributed by atoms with Crippen LogP contribution in [-0.4, -0.2) is 71.8 Å². The fourth-order valence-corrected chi connectivity index (χ4v) is 4.15. The van der Waals surface area contributed by atoms with Crippen molar-refractivity contribution < 1.29 is 30.7 Å². The fourth-order valence-electron chi connectivity index (χ4n) is 4.15. The van der Waals surface area contributed by atoms with Crippen LogP contribution in [-0.2, 0) is 34.0 Å². The Bertz CT molecular complexity index is 1320. The van der Waals surface area contributed by atoms with Gasteiger partial charge in [-0.05, 0) is 29.7 Å². The SMILES string of the molecule is [2H]C1([2H])C[C@@]([2H])(N2C(=O)c3cccc(OCc4ccc(CN5CCOCC5)cc4)c3C2([2H])[2H])C(=O)N(C)C1=O. The number of imide groups is 1. The third kappa shape index (κ3) is 4.43. The first-order chi connectivity index (χ1) is 18.4. The Hall–Kier alpha value is -3.23. The van der Waals surface area contributed by atoms with Gasteiger partial charge in [-0.15, -0.1) is 0 Å². The topological polar surface area (TPSA) is 79.4 Å². The molecule has 0 bridgehead atoms. The Labute approximate surface area is 206 Å². The lowest BCUT2D eigenvalue weighted by molar-refractivity contribution is -0.150. The molecule has 2 saturated heterocycles. The van der Waals surface area contributed by atoms with Crippen molar-refractivity contribution in [3.05, 3.63) is 64.7 Å². The first-order valence-corrected chi connectivity index (χ1v) is 11.2. The highest BCUT2D eigenvalue weighted by Gasteiger charge is 2.42. The van der Waals surface area contributed by atoms with Gasteiger partial charge in [-0.2, -0.15) is 0 Å². The monoisotopic (exact) mass is 468 g/mol. The van der Waals surface area contributed by atoms with Crippen LogP contribution in [0, 0.1) is 0 Å². The van der Waals surface area contributed by atoms with E-state index in [1.807, 2.05) is 24.3 Å². The molecule has 5 rings (SSSR count). The Kier molecular flexibility index (Phi) is 4.85. The zero-order valence-corrected chi connectivity index (χ0v) is 18.9. The zero-order valence-electron chi connectivity index (χ0n) is 23.9. The number of rotatable bonds is 6. The summed E-state index contributed by atoms with van der Waals surface area (Å²) < 4.78 is 53.8. The summed E-state index contributed by atoms with van der Waals surface area (Å²) in [5.41, 5.74) is 1.74. The van der Waals surface area contributed by atoms with Crippen LogP contribution in [0.25, 0.3) is 0 Å². The fraction of sp³-hybridized carbons (Fsp3) is 0.423. The smallest absolute Gasteiger partial charge is 0.255 e. The van der Waals surface area contributed by atoms with E-state index in [0.717, 1.165) is 51.0 Å². The highest BCUT2D eigenvalue weighted by molar-refractivity contribution is 6.05. The van der Waals surface area contributed by atoms with Crippen molar-refractivity contribution in [1.29, 1.82) is 0 Å². The van der Waals surface area contributed by atoms with Gasteiger partial charge in [0.05, 0.1) is 23.8 Å². The van der Waals surface area contributed by atoms with Crippen LogP contribution in [0.5, 0.6) is 5.75 Å². The summed E-state index contributed by atoms with van der Waals surface area (Å²) in [7, 11) is 1.02. The quantitative estimate of drug-likeness (QED) is 0.605. The van der Waals surface area contributed by atoms with E-state index in [1.54, 1.807) is 0 Å². The van der Waals surface area contributed by atoms with Gasteiger partial charge in [0.25, 0.3) is 11.8 Å². The maximum absolute atomic E-state index is 13.4. The lowest BCUT2D eigenvalue weighted by Gasteiger charge is -2.33. The molecule has 0 spiro atoms. The predicted octanol–water partition coefficient (Wildman–Crippen LogP) is 2.20. The molecular weight excluding hydrogens is 434 g/mol. The molecule has 0 N–H and O–H groups in total. The molecule has 2 aromatic rings. The van der Waals surface area contributed by atoms with Crippen molar-refractivity contribution in [2.24, 2.45) is 0 Å². The molecule has 178 valence electrons. The van der Waals surface area contributed by atoms with Crippen LogP contribution in [0.1, 0.15) is 46.7 Å². The number of hydrogen-bond donors (Lipinski definition) is 0. The Morgan fingerprint density at radius 3 is 2.59 bits per heavy atom. The Balaban J connectivity index is 1.37. The lowest BCUT2D eigenvalue weighted by Crippen LogP contribution is -2.53. The average molecular weight is 469 g/mol. The van der Waals surface area contributed by atoms with Gasteiger partial charge in [0.1, 0.15) is 18.4 Å². The maximum atomic E-state index is 13.4. The molecular formula is C26H29N3O5. The molecule has 1 atom stereocenters. The molecule has 8 heteroatoms. The van der Waals surface area contributed by atoms with Crippen LogP contribution in [0.3, 0.4) is 0 Å². The molecule has 0 unspecified atom stereocenters. The number of carbonyl (C=O) groups excluding carboxylic acids is 3. The minimum Gasteiger partial charge on any atom is -0.489 e. The zero-order chi connectivity index (χ0) is 28.2. The predicted molar refractivity (Wildman–Crippen MR) is 124 cm³/mol. The molecule has 3 amide bonds. The largest absolute Gasteiger partial charge is 0.489 e. The molecule has 0 saturated carbocycles. The van der Waals surface area contributed by atoms with Gasteiger partial charge in [-0.25, -0.2) is 0 Å². The second-order valence-corrected chi connectivity index (χ2v) is 8.39. The number of nitrogens with zero attached hydrogens (tertiary/aromatic N) is 3. The summed E-state index contributed by atoms with van der Waals surface area (Å²) in [6.07, 6.45) is -3.63. The number of amides is 3. The molecule has 0 aliphatic carbocycles. The van der Waals surface area contributed by atoms with Gasteiger partial charge in [-0.3, -0.25) is 24.2 Å². The molecule has 0 radical (unpaired) electrons. The summed E-state index contributed by atoms with van der Waals surface area (Å²) in [4.78, 5) is 41.9. The van der Waals surface area contributed by atoms with E-state index in [-0.39, 0.29) is 23.5 Å². The summed E-state index contributed by atoms with van der Waals surface area (Å²) in [5.74, 6) is -3.19. The van der Waals surface area contributed by atoms with Crippen LogP contribution in [0.4, 0.5) is 0 Å². The standard InChI is InChI=1S/C26H29N3O5/c1-27-24(30)10-9-22(26(27)32)29-16-21-20(25(29)31)3-2-4-23(21)34-17-19-7-5-18(6-8-19)15-28-11-13-33-14-12-28/h2-8,22H,9-17H2,1H3/t22-/m1/s1/i10D2,16D2,22D. The van der Waals surface area contributed by atoms with E-state index >= 15 is 0 Å². The van der Waals surface area contributed by atoms with Crippen LogP contribution in [0.2, 0.25) is 0 Å². The van der Waals surface area contributed by atoms with E-state index < -0.39 is 43.0 Å². The molecule has 2 fully saturated rings. The lowest BCUT2D eigenvalue weighted by atomic mass is 10.0. The number of benzene rings is 2. The normalized spacial score (nSPS) is 28.5. The first kappa shape index (κ1) is 17.2. The van der Waals surface area contributed by atoms with Crippen LogP contribution >= 0.6 is 0 Å². The van der Waals surface area contributed by atoms with E-state index in [9.17, 15) is 14.4 Å². The van der Waals surface area contributed by atoms with Crippen molar-refractivity contribution in [1.82, 2.24) is 14.7 Å². The van der Waals surface area contributed by atoms with Gasteiger partial charge < -0.3 is 14.4 Å².